The van der Waals surface area contributed by atoms with Crippen LogP contribution in [0, 0.1) is 6.92 Å². The van der Waals surface area contributed by atoms with Crippen LogP contribution in [0.25, 0.3) is 0 Å². The van der Waals surface area contributed by atoms with Gasteiger partial charge < -0.3 is 15.4 Å². The van der Waals surface area contributed by atoms with Crippen LogP contribution in [0.5, 0.6) is 0 Å². The van der Waals surface area contributed by atoms with Crippen molar-refractivity contribution in [3.63, 3.8) is 0 Å². The highest BCUT2D eigenvalue weighted by Crippen LogP contribution is 2.20. The molecule has 1 amide bonds. The van der Waals surface area contributed by atoms with E-state index in [1.54, 1.807) is 24.3 Å². The number of nitrogens with one attached hydrogen (secondary N) is 2. The van der Waals surface area contributed by atoms with Crippen LogP contribution in [-0.2, 0) is 9.53 Å². The number of carbonyl (C=O) groups is 2. The molecular formula is C18H19ClN2O3. The number of hydrogen-bond acceptors (Lipinski definition) is 4. The Morgan fingerprint density at radius 3 is 2.50 bits per heavy atom. The van der Waals surface area contributed by atoms with E-state index in [4.69, 9.17) is 11.6 Å². The van der Waals surface area contributed by atoms with Crippen molar-refractivity contribution in [1.29, 1.82) is 0 Å². The number of halogens is 1. The molecule has 0 aliphatic carbocycles. The molecule has 0 saturated heterocycles. The summed E-state index contributed by atoms with van der Waals surface area (Å²) in [5, 5.41) is 6.63. The van der Waals surface area contributed by atoms with Crippen LogP contribution in [0.15, 0.2) is 42.5 Å². The highest BCUT2D eigenvalue weighted by molar-refractivity contribution is 6.30. The molecule has 2 rings (SSSR count). The molecule has 2 N–H and O–H groups in total. The number of rotatable bonds is 6. The molecule has 0 saturated carbocycles. The van der Waals surface area contributed by atoms with Crippen molar-refractivity contribution in [2.24, 2.45) is 0 Å². The Bertz CT molecular complexity index is 730. The summed E-state index contributed by atoms with van der Waals surface area (Å²) < 4.78 is 4.63. The molecule has 0 spiro atoms. The number of esters is 1. The van der Waals surface area contributed by atoms with Gasteiger partial charge in [0.2, 0.25) is 5.91 Å². The Morgan fingerprint density at radius 2 is 1.83 bits per heavy atom. The van der Waals surface area contributed by atoms with Crippen molar-refractivity contribution < 1.29 is 14.3 Å². The molecule has 5 nitrogen and oxygen atoms in total. The molecule has 0 unspecified atom stereocenters. The third-order valence-corrected chi connectivity index (χ3v) is 3.69. The average molecular weight is 347 g/mol. The molecule has 0 heterocycles. The highest BCUT2D eigenvalue weighted by atomic mass is 35.5. The zero-order chi connectivity index (χ0) is 17.5. The predicted molar refractivity (Wildman–Crippen MR) is 95.7 cm³/mol. The minimum absolute atomic E-state index is 0.118. The maximum atomic E-state index is 12.0. The smallest absolute Gasteiger partial charge is 0.337 e. The number of methoxy groups -OCH3 is 1. The van der Waals surface area contributed by atoms with Gasteiger partial charge in [-0.05, 0) is 48.9 Å². The topological polar surface area (TPSA) is 67.4 Å². The number of ether oxygens (including phenoxy) is 1. The van der Waals surface area contributed by atoms with E-state index in [9.17, 15) is 9.59 Å². The number of benzene rings is 2. The molecule has 126 valence electrons. The van der Waals surface area contributed by atoms with Gasteiger partial charge in [-0.3, -0.25) is 4.79 Å². The van der Waals surface area contributed by atoms with E-state index in [0.29, 0.717) is 29.2 Å². The van der Waals surface area contributed by atoms with Crippen LogP contribution >= 0.6 is 11.6 Å². The first-order valence-electron chi connectivity index (χ1n) is 7.48. The van der Waals surface area contributed by atoms with E-state index in [-0.39, 0.29) is 5.91 Å². The minimum atomic E-state index is -0.408. The summed E-state index contributed by atoms with van der Waals surface area (Å²) in [4.78, 5) is 23.3. The summed E-state index contributed by atoms with van der Waals surface area (Å²) >= 11 is 5.96. The van der Waals surface area contributed by atoms with Gasteiger partial charge in [0.15, 0.2) is 0 Å². The SMILES string of the molecule is COC(=O)c1ccc(NC(=O)CCNc2cc(Cl)ccc2C)cc1. The molecule has 0 radical (unpaired) electrons. The Kier molecular flexibility index (Phi) is 6.21. The average Bonchev–Trinajstić information content (AvgIpc) is 2.58. The zero-order valence-corrected chi connectivity index (χ0v) is 14.3. The van der Waals surface area contributed by atoms with Crippen LogP contribution in [0.4, 0.5) is 11.4 Å². The monoisotopic (exact) mass is 346 g/mol. The standard InChI is InChI=1S/C18H19ClN2O3/c1-12-3-6-14(19)11-16(12)20-10-9-17(22)21-15-7-4-13(5-8-15)18(23)24-2/h3-8,11,20H,9-10H2,1-2H3,(H,21,22). The summed E-state index contributed by atoms with van der Waals surface area (Å²) in [6, 6.07) is 12.1. The van der Waals surface area contributed by atoms with Gasteiger partial charge in [-0.15, -0.1) is 0 Å². The van der Waals surface area contributed by atoms with Crippen LogP contribution in [0.2, 0.25) is 5.02 Å². The summed E-state index contributed by atoms with van der Waals surface area (Å²) in [5.74, 6) is -0.526. The van der Waals surface area contributed by atoms with Crippen molar-refractivity contribution in [1.82, 2.24) is 0 Å². The van der Waals surface area contributed by atoms with Crippen molar-refractivity contribution in [2.75, 3.05) is 24.3 Å². The van der Waals surface area contributed by atoms with Crippen molar-refractivity contribution >= 4 is 34.9 Å². The minimum Gasteiger partial charge on any atom is -0.465 e. The lowest BCUT2D eigenvalue weighted by Gasteiger charge is -2.10. The van der Waals surface area contributed by atoms with E-state index in [1.807, 2.05) is 25.1 Å². The van der Waals surface area contributed by atoms with E-state index in [1.165, 1.54) is 7.11 Å². The molecule has 0 aliphatic rings. The summed E-state index contributed by atoms with van der Waals surface area (Å²) in [5.41, 5.74) is 3.05. The molecule has 0 aromatic heterocycles. The van der Waals surface area contributed by atoms with Gasteiger partial charge in [0.05, 0.1) is 12.7 Å². The largest absolute Gasteiger partial charge is 0.465 e. The predicted octanol–water partition coefficient (Wildman–Crippen LogP) is 3.88. The molecule has 0 atom stereocenters. The normalized spacial score (nSPS) is 10.1. The van der Waals surface area contributed by atoms with Gasteiger partial charge >= 0.3 is 5.97 Å². The number of amides is 1. The van der Waals surface area contributed by atoms with E-state index in [2.05, 4.69) is 15.4 Å². The van der Waals surface area contributed by atoms with Gasteiger partial charge in [0, 0.05) is 29.4 Å². The quantitative estimate of drug-likeness (QED) is 0.779. The molecule has 0 bridgehead atoms. The summed E-state index contributed by atoms with van der Waals surface area (Å²) in [6.07, 6.45) is 0.310. The Balaban J connectivity index is 1.83. The highest BCUT2D eigenvalue weighted by Gasteiger charge is 2.07. The number of hydrogen-bond donors (Lipinski definition) is 2. The number of anilines is 2. The van der Waals surface area contributed by atoms with Crippen molar-refractivity contribution in [2.45, 2.75) is 13.3 Å². The molecular weight excluding hydrogens is 328 g/mol. The second kappa shape index (κ2) is 8.36. The van der Waals surface area contributed by atoms with Crippen molar-refractivity contribution in [3.05, 3.63) is 58.6 Å². The third-order valence-electron chi connectivity index (χ3n) is 3.46. The molecule has 2 aromatic rings. The van der Waals surface area contributed by atoms with Crippen LogP contribution < -0.4 is 10.6 Å². The first-order chi connectivity index (χ1) is 11.5. The van der Waals surface area contributed by atoms with Crippen LogP contribution in [-0.4, -0.2) is 25.5 Å². The Hall–Kier alpha value is -2.53. The molecule has 6 heteroatoms. The Labute approximate surface area is 146 Å². The molecule has 24 heavy (non-hydrogen) atoms. The maximum absolute atomic E-state index is 12.0. The fourth-order valence-electron chi connectivity index (χ4n) is 2.13. The second-order valence-corrected chi connectivity index (χ2v) is 5.69. The van der Waals surface area contributed by atoms with Crippen LogP contribution in [0.3, 0.4) is 0 Å². The molecule has 0 aliphatic heterocycles. The van der Waals surface area contributed by atoms with Crippen molar-refractivity contribution in [3.8, 4) is 0 Å². The summed E-state index contributed by atoms with van der Waals surface area (Å²) in [7, 11) is 1.33. The second-order valence-electron chi connectivity index (χ2n) is 5.25. The molecule has 2 aromatic carbocycles. The maximum Gasteiger partial charge on any atom is 0.337 e. The van der Waals surface area contributed by atoms with E-state index < -0.39 is 5.97 Å². The van der Waals surface area contributed by atoms with Gasteiger partial charge in [-0.25, -0.2) is 4.79 Å². The first kappa shape index (κ1) is 17.8. The first-order valence-corrected chi connectivity index (χ1v) is 7.85. The third kappa shape index (κ3) is 4.99. The lowest BCUT2D eigenvalue weighted by atomic mass is 10.2. The summed E-state index contributed by atoms with van der Waals surface area (Å²) in [6.45, 7) is 2.47. The molecule has 0 fully saturated rings. The van der Waals surface area contributed by atoms with Gasteiger partial charge in [-0.2, -0.15) is 0 Å². The van der Waals surface area contributed by atoms with E-state index in [0.717, 1.165) is 11.3 Å². The fourth-order valence-corrected chi connectivity index (χ4v) is 2.30. The van der Waals surface area contributed by atoms with Gasteiger partial charge in [0.25, 0.3) is 0 Å². The van der Waals surface area contributed by atoms with Gasteiger partial charge in [-0.1, -0.05) is 17.7 Å². The number of aryl methyl sites for hydroxylation is 1. The van der Waals surface area contributed by atoms with Gasteiger partial charge in [0.1, 0.15) is 0 Å². The van der Waals surface area contributed by atoms with E-state index >= 15 is 0 Å². The zero-order valence-electron chi connectivity index (χ0n) is 13.6. The van der Waals surface area contributed by atoms with Crippen LogP contribution in [0.1, 0.15) is 22.3 Å². The Morgan fingerprint density at radius 1 is 1.12 bits per heavy atom. The number of carbonyl (C=O) groups excluding carboxylic acids is 2. The lowest BCUT2D eigenvalue weighted by Crippen LogP contribution is -2.16. The lowest BCUT2D eigenvalue weighted by molar-refractivity contribution is -0.115. The fraction of sp³-hybridized carbons (Fsp3) is 0.222.